The van der Waals surface area contributed by atoms with Gasteiger partial charge < -0.3 is 19.3 Å². The lowest BCUT2D eigenvalue weighted by Crippen LogP contribution is -2.74. The summed E-state index contributed by atoms with van der Waals surface area (Å²) in [6, 6.07) is 8.28. The molecule has 10 nitrogen and oxygen atoms in total. The Bertz CT molecular complexity index is 1320. The number of hydrogen-bond acceptors (Lipinski definition) is 9. The molecule has 2 aromatic carbocycles. The van der Waals surface area contributed by atoms with Crippen LogP contribution >= 0.6 is 0 Å². The van der Waals surface area contributed by atoms with E-state index in [2.05, 4.69) is 4.90 Å². The van der Waals surface area contributed by atoms with E-state index in [0.29, 0.717) is 18.8 Å². The van der Waals surface area contributed by atoms with Crippen LogP contribution in [0.15, 0.2) is 36.4 Å². The van der Waals surface area contributed by atoms with Crippen LogP contribution in [0, 0.1) is 23.0 Å². The number of ketones is 1. The number of nitro benzene ring substituents is 1. The second-order valence-corrected chi connectivity index (χ2v) is 11.0. The van der Waals surface area contributed by atoms with Crippen LogP contribution in [0.5, 0.6) is 17.2 Å². The minimum atomic E-state index is -1.19. The number of piperidine rings is 1. The van der Waals surface area contributed by atoms with Gasteiger partial charge in [0.2, 0.25) is 0 Å². The van der Waals surface area contributed by atoms with Gasteiger partial charge in [0.05, 0.1) is 15.9 Å². The molecule has 38 heavy (non-hydrogen) atoms. The molecule has 1 saturated heterocycles. The average Bonchev–Trinajstić information content (AvgIpc) is 3.63. The molecule has 200 valence electrons. The second-order valence-electron chi connectivity index (χ2n) is 11.0. The molecule has 2 saturated carbocycles. The SMILES string of the molecule is Cc1ccc(OC(=O)Oc2ccc([N+](=O)[O-])cc2)c2c1[C@]13CCN(CC4CC4)[C@H](C)[C@]1(O)CCC(=O)[C@@H]3O2. The van der Waals surface area contributed by atoms with Gasteiger partial charge in [0, 0.05) is 36.7 Å². The number of aryl methyl sites for hydroxylation is 1. The van der Waals surface area contributed by atoms with E-state index in [9.17, 15) is 24.8 Å². The number of likely N-dealkylation sites (tertiary alicyclic amines) is 1. The Morgan fingerprint density at radius 3 is 2.61 bits per heavy atom. The van der Waals surface area contributed by atoms with Gasteiger partial charge in [-0.2, -0.15) is 0 Å². The molecule has 3 fully saturated rings. The van der Waals surface area contributed by atoms with E-state index in [0.717, 1.165) is 24.2 Å². The predicted octanol–water partition coefficient (Wildman–Crippen LogP) is 4.08. The van der Waals surface area contributed by atoms with E-state index < -0.39 is 28.2 Å². The van der Waals surface area contributed by atoms with Gasteiger partial charge in [0.1, 0.15) is 5.75 Å². The van der Waals surface area contributed by atoms with E-state index >= 15 is 0 Å². The number of carbonyl (C=O) groups excluding carboxylic acids is 2. The first-order valence-electron chi connectivity index (χ1n) is 13.1. The molecule has 1 spiro atoms. The molecule has 0 amide bonds. The highest BCUT2D eigenvalue weighted by atomic mass is 16.7. The maximum absolute atomic E-state index is 13.2. The molecule has 4 atom stereocenters. The summed E-state index contributed by atoms with van der Waals surface area (Å²) < 4.78 is 17.0. The summed E-state index contributed by atoms with van der Waals surface area (Å²) in [7, 11) is 0. The number of ether oxygens (including phenoxy) is 3. The number of benzene rings is 2. The van der Waals surface area contributed by atoms with Crippen molar-refractivity contribution < 1.29 is 33.8 Å². The molecule has 2 aliphatic heterocycles. The molecule has 0 unspecified atom stereocenters. The molecule has 0 radical (unpaired) electrons. The summed E-state index contributed by atoms with van der Waals surface area (Å²) >= 11 is 0. The molecule has 2 aromatic rings. The number of hydrogen-bond donors (Lipinski definition) is 1. The molecule has 2 heterocycles. The van der Waals surface area contributed by atoms with Crippen LogP contribution in [0.1, 0.15) is 50.2 Å². The normalized spacial score (nSPS) is 30.0. The fourth-order valence-corrected chi connectivity index (χ4v) is 6.81. The number of Topliss-reactive ketones (excluding diaryl/α,β-unsaturated/α-hetero) is 1. The molecule has 2 aliphatic carbocycles. The number of fused-ring (bicyclic) bond motifs is 1. The Hall–Kier alpha value is -3.50. The zero-order valence-corrected chi connectivity index (χ0v) is 21.3. The number of non-ortho nitro benzene ring substituents is 1. The molecule has 0 bridgehead atoms. The van der Waals surface area contributed by atoms with Crippen molar-refractivity contribution in [1.82, 2.24) is 4.90 Å². The van der Waals surface area contributed by atoms with Crippen LogP contribution in [0.2, 0.25) is 0 Å². The largest absolute Gasteiger partial charge is 0.519 e. The van der Waals surface area contributed by atoms with Crippen LogP contribution in [0.25, 0.3) is 0 Å². The summed E-state index contributed by atoms with van der Waals surface area (Å²) in [4.78, 5) is 38.6. The lowest BCUT2D eigenvalue weighted by molar-refractivity contribution is -0.384. The van der Waals surface area contributed by atoms with Crippen molar-refractivity contribution in [2.24, 2.45) is 5.92 Å². The van der Waals surface area contributed by atoms with E-state index in [1.165, 1.54) is 37.1 Å². The lowest BCUT2D eigenvalue weighted by atomic mass is 9.52. The van der Waals surface area contributed by atoms with Crippen molar-refractivity contribution >= 4 is 17.6 Å². The number of nitro groups is 1. The molecule has 10 heteroatoms. The van der Waals surface area contributed by atoms with Crippen LogP contribution in [-0.4, -0.2) is 57.7 Å². The highest BCUT2D eigenvalue weighted by molar-refractivity contribution is 5.89. The molecule has 1 N–H and O–H groups in total. The lowest BCUT2D eigenvalue weighted by Gasteiger charge is -2.59. The maximum atomic E-state index is 13.2. The van der Waals surface area contributed by atoms with Gasteiger partial charge in [0.15, 0.2) is 23.4 Å². The van der Waals surface area contributed by atoms with Crippen molar-refractivity contribution in [1.29, 1.82) is 0 Å². The second kappa shape index (κ2) is 8.78. The van der Waals surface area contributed by atoms with Gasteiger partial charge in [-0.25, -0.2) is 4.79 Å². The van der Waals surface area contributed by atoms with Crippen molar-refractivity contribution in [2.75, 3.05) is 13.1 Å². The smallest absolute Gasteiger partial charge is 0.477 e. The Balaban J connectivity index is 1.33. The van der Waals surface area contributed by atoms with Gasteiger partial charge in [0.25, 0.3) is 5.69 Å². The third kappa shape index (κ3) is 3.69. The predicted molar refractivity (Wildman–Crippen MR) is 135 cm³/mol. The third-order valence-electron chi connectivity index (χ3n) is 8.94. The van der Waals surface area contributed by atoms with Crippen molar-refractivity contribution in [3.8, 4) is 17.2 Å². The van der Waals surface area contributed by atoms with Crippen molar-refractivity contribution in [3.05, 3.63) is 57.6 Å². The number of rotatable bonds is 5. The Morgan fingerprint density at radius 1 is 1.18 bits per heavy atom. The summed E-state index contributed by atoms with van der Waals surface area (Å²) in [5, 5.41) is 23.3. The van der Waals surface area contributed by atoms with Gasteiger partial charge in [-0.3, -0.25) is 19.8 Å². The van der Waals surface area contributed by atoms with Crippen LogP contribution in [-0.2, 0) is 10.2 Å². The molecular formula is C28H30N2O8. The van der Waals surface area contributed by atoms with Crippen molar-refractivity contribution in [2.45, 2.75) is 69.1 Å². The summed E-state index contributed by atoms with van der Waals surface area (Å²) in [5.41, 5.74) is -0.687. The van der Waals surface area contributed by atoms with Gasteiger partial charge in [-0.05, 0) is 75.8 Å². The van der Waals surface area contributed by atoms with E-state index in [1.807, 2.05) is 13.8 Å². The minimum Gasteiger partial charge on any atom is -0.477 e. The first-order chi connectivity index (χ1) is 18.1. The Morgan fingerprint density at radius 2 is 1.92 bits per heavy atom. The number of carbonyl (C=O) groups is 2. The summed E-state index contributed by atoms with van der Waals surface area (Å²) in [5.74, 6) is 1.08. The van der Waals surface area contributed by atoms with Gasteiger partial charge in [-0.1, -0.05) is 6.07 Å². The first-order valence-corrected chi connectivity index (χ1v) is 13.1. The van der Waals surface area contributed by atoms with Crippen LogP contribution in [0.3, 0.4) is 0 Å². The van der Waals surface area contributed by atoms with E-state index in [4.69, 9.17) is 14.2 Å². The van der Waals surface area contributed by atoms with E-state index in [-0.39, 0.29) is 41.2 Å². The Kier molecular flexibility index (Phi) is 5.73. The minimum absolute atomic E-state index is 0.0625. The fourth-order valence-electron chi connectivity index (χ4n) is 6.81. The third-order valence-corrected chi connectivity index (χ3v) is 8.94. The standard InChI is InChI=1S/C28H30N2O8/c1-16-3-10-22(37-26(32)36-20-8-6-19(7-9-20)30(34)35)24-23(16)27-13-14-29(15-18-4-5-18)17(2)28(27,33)12-11-21(31)25(27)38-24/h3,6-10,17-18,25,33H,4-5,11-15H2,1-2H3/t17-,25+,27+,28-/m1/s1. The number of aliphatic hydroxyl groups is 1. The highest BCUT2D eigenvalue weighted by Gasteiger charge is 2.70. The maximum Gasteiger partial charge on any atom is 0.519 e. The van der Waals surface area contributed by atoms with E-state index in [1.54, 1.807) is 12.1 Å². The zero-order chi connectivity index (χ0) is 26.8. The van der Waals surface area contributed by atoms with Gasteiger partial charge >= 0.3 is 6.16 Å². The zero-order valence-electron chi connectivity index (χ0n) is 21.3. The molecule has 6 rings (SSSR count). The molecular weight excluding hydrogens is 492 g/mol. The van der Waals surface area contributed by atoms with Crippen molar-refractivity contribution in [3.63, 3.8) is 0 Å². The first kappa shape index (κ1) is 24.8. The number of nitrogens with zero attached hydrogens (tertiary/aromatic N) is 2. The fraction of sp³-hybridized carbons (Fsp3) is 0.500. The quantitative estimate of drug-likeness (QED) is 0.267. The Labute approximate surface area is 219 Å². The molecule has 0 aromatic heterocycles. The monoisotopic (exact) mass is 522 g/mol. The highest BCUT2D eigenvalue weighted by Crippen LogP contribution is 2.62. The van der Waals surface area contributed by atoms with Crippen LogP contribution < -0.4 is 14.2 Å². The average molecular weight is 523 g/mol. The van der Waals surface area contributed by atoms with Crippen LogP contribution in [0.4, 0.5) is 10.5 Å². The summed E-state index contributed by atoms with van der Waals surface area (Å²) in [6.45, 7) is 5.65. The molecule has 4 aliphatic rings. The topological polar surface area (TPSA) is 128 Å². The summed E-state index contributed by atoms with van der Waals surface area (Å²) in [6.07, 6.45) is 1.65. The van der Waals surface area contributed by atoms with Gasteiger partial charge in [-0.15, -0.1) is 0 Å².